The molecule has 0 bridgehead atoms. The van der Waals surface area contributed by atoms with E-state index in [1.165, 1.54) is 29.9 Å². The summed E-state index contributed by atoms with van der Waals surface area (Å²) in [6, 6.07) is 6.24. The molecular formula is C17H21N3O3. The Morgan fingerprint density at radius 3 is 2.57 bits per heavy atom. The monoisotopic (exact) mass is 315 g/mol. The maximum absolute atomic E-state index is 12.6. The van der Waals surface area contributed by atoms with E-state index in [2.05, 4.69) is 4.90 Å². The summed E-state index contributed by atoms with van der Waals surface area (Å²) in [5.74, 6) is -0.620. The highest BCUT2D eigenvalue weighted by molar-refractivity contribution is 5.97. The van der Waals surface area contributed by atoms with Crippen molar-refractivity contribution in [1.29, 1.82) is 0 Å². The maximum Gasteiger partial charge on any atom is 0.261 e. The van der Waals surface area contributed by atoms with Crippen LogP contribution < -0.4 is 11.3 Å². The van der Waals surface area contributed by atoms with Crippen LogP contribution in [0, 0.1) is 0 Å². The number of benzene rings is 1. The first kappa shape index (κ1) is 15.6. The zero-order chi connectivity index (χ0) is 16.4. The number of aromatic hydroxyl groups is 1. The molecule has 6 heteroatoms. The van der Waals surface area contributed by atoms with Crippen LogP contribution in [0.15, 0.2) is 29.1 Å². The Hall–Kier alpha value is -2.34. The molecule has 0 saturated carbocycles. The van der Waals surface area contributed by atoms with E-state index in [9.17, 15) is 14.7 Å². The van der Waals surface area contributed by atoms with Gasteiger partial charge in [-0.3, -0.25) is 14.2 Å². The van der Waals surface area contributed by atoms with Gasteiger partial charge in [0.1, 0.15) is 0 Å². The SMILES string of the molecule is NC(=O)c1ccc2cc(O)n(CCN3CCCCC3)c(=O)c2c1. The number of carbonyl (C=O) groups is 1. The number of piperidine rings is 1. The molecule has 23 heavy (non-hydrogen) atoms. The lowest BCUT2D eigenvalue weighted by Gasteiger charge is -2.26. The molecule has 1 aromatic heterocycles. The van der Waals surface area contributed by atoms with Gasteiger partial charge in [0.15, 0.2) is 5.88 Å². The molecule has 0 spiro atoms. The van der Waals surface area contributed by atoms with Crippen molar-refractivity contribution in [2.45, 2.75) is 25.8 Å². The lowest BCUT2D eigenvalue weighted by molar-refractivity contribution is 0.100. The van der Waals surface area contributed by atoms with Crippen LogP contribution in [0.25, 0.3) is 10.8 Å². The zero-order valence-corrected chi connectivity index (χ0v) is 13.0. The number of amides is 1. The first-order chi connectivity index (χ1) is 11.1. The van der Waals surface area contributed by atoms with Gasteiger partial charge in [0.05, 0.1) is 0 Å². The third-order valence-electron chi connectivity index (χ3n) is 4.46. The molecule has 122 valence electrons. The van der Waals surface area contributed by atoms with Gasteiger partial charge in [-0.05, 0) is 43.5 Å². The van der Waals surface area contributed by atoms with Crippen molar-refractivity contribution in [3.63, 3.8) is 0 Å². The number of pyridine rings is 1. The topological polar surface area (TPSA) is 88.6 Å². The van der Waals surface area contributed by atoms with Gasteiger partial charge in [-0.2, -0.15) is 0 Å². The summed E-state index contributed by atoms with van der Waals surface area (Å²) in [4.78, 5) is 26.2. The van der Waals surface area contributed by atoms with Crippen LogP contribution in [0.5, 0.6) is 5.88 Å². The van der Waals surface area contributed by atoms with Crippen LogP contribution in [0.3, 0.4) is 0 Å². The minimum absolute atomic E-state index is 0.0497. The molecule has 1 fully saturated rings. The molecule has 0 aliphatic carbocycles. The van der Waals surface area contributed by atoms with Crippen LogP contribution in [0.4, 0.5) is 0 Å². The van der Waals surface area contributed by atoms with E-state index in [4.69, 9.17) is 5.73 Å². The molecule has 2 heterocycles. The molecule has 0 radical (unpaired) electrons. The Balaban J connectivity index is 1.92. The van der Waals surface area contributed by atoms with Gasteiger partial charge in [-0.25, -0.2) is 0 Å². The second-order valence-corrected chi connectivity index (χ2v) is 6.03. The number of aromatic nitrogens is 1. The zero-order valence-electron chi connectivity index (χ0n) is 13.0. The standard InChI is InChI=1S/C17H21N3O3/c18-16(22)13-5-4-12-11-15(21)20(17(23)14(12)10-13)9-8-19-6-2-1-3-7-19/h4-5,10-11,21H,1-3,6-9H2,(H2,18,22). The molecular weight excluding hydrogens is 294 g/mol. The van der Waals surface area contributed by atoms with E-state index in [0.29, 0.717) is 22.9 Å². The summed E-state index contributed by atoms with van der Waals surface area (Å²) in [6.45, 7) is 3.24. The van der Waals surface area contributed by atoms with Gasteiger partial charge in [-0.1, -0.05) is 12.5 Å². The Kier molecular flexibility index (Phi) is 4.34. The van der Waals surface area contributed by atoms with Crippen LogP contribution in [-0.2, 0) is 6.54 Å². The number of primary amides is 1. The van der Waals surface area contributed by atoms with Crippen LogP contribution >= 0.6 is 0 Å². The minimum atomic E-state index is -0.570. The smallest absolute Gasteiger partial charge is 0.261 e. The Morgan fingerprint density at radius 2 is 1.87 bits per heavy atom. The van der Waals surface area contributed by atoms with Gasteiger partial charge >= 0.3 is 0 Å². The second kappa shape index (κ2) is 6.42. The summed E-state index contributed by atoms with van der Waals surface area (Å²) in [5.41, 5.74) is 5.28. The van der Waals surface area contributed by atoms with Crippen LogP contribution in [-0.4, -0.2) is 40.1 Å². The van der Waals surface area contributed by atoms with Crippen molar-refractivity contribution < 1.29 is 9.90 Å². The molecule has 1 aliphatic heterocycles. The summed E-state index contributed by atoms with van der Waals surface area (Å²) in [7, 11) is 0. The predicted molar refractivity (Wildman–Crippen MR) is 88.7 cm³/mol. The molecule has 2 aromatic rings. The van der Waals surface area contributed by atoms with Gasteiger partial charge in [0.25, 0.3) is 5.56 Å². The second-order valence-electron chi connectivity index (χ2n) is 6.03. The van der Waals surface area contributed by atoms with Crippen molar-refractivity contribution in [2.75, 3.05) is 19.6 Å². The van der Waals surface area contributed by atoms with Crippen LogP contribution in [0.2, 0.25) is 0 Å². The highest BCUT2D eigenvalue weighted by Gasteiger charge is 2.14. The third kappa shape index (κ3) is 3.22. The molecule has 6 nitrogen and oxygen atoms in total. The fourth-order valence-electron chi connectivity index (χ4n) is 3.13. The van der Waals surface area contributed by atoms with Crippen molar-refractivity contribution in [2.24, 2.45) is 5.73 Å². The molecule has 1 aliphatic rings. The number of nitrogens with two attached hydrogens (primary N) is 1. The molecule has 3 rings (SSSR count). The minimum Gasteiger partial charge on any atom is -0.494 e. The fourth-order valence-corrected chi connectivity index (χ4v) is 3.13. The largest absolute Gasteiger partial charge is 0.494 e. The third-order valence-corrected chi connectivity index (χ3v) is 4.46. The first-order valence-corrected chi connectivity index (χ1v) is 7.95. The normalized spacial score (nSPS) is 15.8. The number of carbonyl (C=O) groups excluding carboxylic acids is 1. The number of hydrogen-bond acceptors (Lipinski definition) is 4. The summed E-state index contributed by atoms with van der Waals surface area (Å²) < 4.78 is 1.36. The van der Waals surface area contributed by atoms with Crippen molar-refractivity contribution in [3.8, 4) is 5.88 Å². The highest BCUT2D eigenvalue weighted by atomic mass is 16.3. The lowest BCUT2D eigenvalue weighted by atomic mass is 10.1. The average Bonchev–Trinajstić information content (AvgIpc) is 2.55. The maximum atomic E-state index is 12.6. The number of hydrogen-bond donors (Lipinski definition) is 2. The van der Waals surface area contributed by atoms with E-state index in [-0.39, 0.29) is 11.4 Å². The Labute approximate surface area is 134 Å². The van der Waals surface area contributed by atoms with Gasteiger partial charge in [-0.15, -0.1) is 0 Å². The first-order valence-electron chi connectivity index (χ1n) is 7.95. The lowest BCUT2D eigenvalue weighted by Crippen LogP contribution is -2.34. The molecule has 1 aromatic carbocycles. The van der Waals surface area contributed by atoms with E-state index < -0.39 is 5.91 Å². The average molecular weight is 315 g/mol. The van der Waals surface area contributed by atoms with E-state index in [1.807, 2.05) is 0 Å². The Morgan fingerprint density at radius 1 is 1.13 bits per heavy atom. The molecule has 0 unspecified atom stereocenters. The quantitative estimate of drug-likeness (QED) is 0.890. The van der Waals surface area contributed by atoms with Crippen molar-refractivity contribution in [3.05, 3.63) is 40.2 Å². The van der Waals surface area contributed by atoms with Crippen LogP contribution in [0.1, 0.15) is 29.6 Å². The van der Waals surface area contributed by atoms with E-state index in [0.717, 1.165) is 19.6 Å². The van der Waals surface area contributed by atoms with E-state index in [1.54, 1.807) is 18.2 Å². The summed E-state index contributed by atoms with van der Waals surface area (Å²) in [5, 5.41) is 11.2. The number of likely N-dealkylation sites (tertiary alicyclic amines) is 1. The molecule has 0 atom stereocenters. The van der Waals surface area contributed by atoms with Gasteiger partial charge in [0.2, 0.25) is 5.91 Å². The van der Waals surface area contributed by atoms with Crippen molar-refractivity contribution >= 4 is 16.7 Å². The number of rotatable bonds is 4. The number of nitrogens with zero attached hydrogens (tertiary/aromatic N) is 2. The Bertz CT molecular complexity index is 792. The molecule has 1 amide bonds. The summed E-state index contributed by atoms with van der Waals surface area (Å²) in [6.07, 6.45) is 3.62. The number of fused-ring (bicyclic) bond motifs is 1. The van der Waals surface area contributed by atoms with Crippen molar-refractivity contribution in [1.82, 2.24) is 9.47 Å². The molecule has 1 saturated heterocycles. The van der Waals surface area contributed by atoms with Gasteiger partial charge in [0, 0.05) is 30.1 Å². The van der Waals surface area contributed by atoms with Gasteiger partial charge < -0.3 is 15.7 Å². The fraction of sp³-hybridized carbons (Fsp3) is 0.412. The molecule has 3 N–H and O–H groups in total. The predicted octanol–water partition coefficient (Wildman–Crippen LogP) is 1.29. The highest BCUT2D eigenvalue weighted by Crippen LogP contribution is 2.18. The van der Waals surface area contributed by atoms with E-state index >= 15 is 0 Å². The summed E-state index contributed by atoms with van der Waals surface area (Å²) >= 11 is 0.